The van der Waals surface area contributed by atoms with Crippen molar-refractivity contribution in [2.45, 2.75) is 37.6 Å². The number of carbonyl (C=O) groups excluding carboxylic acids is 2. The van der Waals surface area contributed by atoms with Crippen molar-refractivity contribution in [2.75, 3.05) is 11.4 Å². The molecule has 5 nitrogen and oxygen atoms in total. The van der Waals surface area contributed by atoms with Crippen molar-refractivity contribution in [3.05, 3.63) is 60.2 Å². The lowest BCUT2D eigenvalue weighted by atomic mass is 9.69. The van der Waals surface area contributed by atoms with Gasteiger partial charge in [0, 0.05) is 37.3 Å². The predicted octanol–water partition coefficient (Wildman–Crippen LogP) is 3.56. The van der Waals surface area contributed by atoms with Gasteiger partial charge in [0.2, 0.25) is 5.91 Å². The molecule has 2 unspecified atom stereocenters. The summed E-state index contributed by atoms with van der Waals surface area (Å²) in [4.78, 5) is 30.8. The lowest BCUT2D eigenvalue weighted by Gasteiger charge is -2.41. The number of aromatic nitrogens is 1. The van der Waals surface area contributed by atoms with E-state index in [-0.39, 0.29) is 25.1 Å². The van der Waals surface area contributed by atoms with Crippen LogP contribution in [0.2, 0.25) is 0 Å². The van der Waals surface area contributed by atoms with Crippen molar-refractivity contribution in [1.82, 2.24) is 10.3 Å². The van der Waals surface area contributed by atoms with Gasteiger partial charge in [-0.15, -0.1) is 0 Å². The van der Waals surface area contributed by atoms with E-state index in [4.69, 9.17) is 0 Å². The van der Waals surface area contributed by atoms with E-state index >= 15 is 0 Å². The smallest absolute Gasteiger partial charge is 0.270 e. The van der Waals surface area contributed by atoms with E-state index in [1.807, 2.05) is 0 Å². The molecule has 4 rings (SSSR count). The average Bonchev–Trinajstić information content (AvgIpc) is 2.96. The van der Waals surface area contributed by atoms with Gasteiger partial charge < -0.3 is 10.2 Å². The Labute approximate surface area is 165 Å². The molecule has 0 bridgehead atoms. The van der Waals surface area contributed by atoms with Gasteiger partial charge in [-0.25, -0.2) is 13.2 Å². The van der Waals surface area contributed by atoms with Crippen molar-refractivity contribution in [2.24, 2.45) is 5.41 Å². The van der Waals surface area contributed by atoms with E-state index in [1.165, 1.54) is 35.4 Å². The number of benzene rings is 1. The number of rotatable bonds is 3. The van der Waals surface area contributed by atoms with Crippen molar-refractivity contribution in [3.63, 3.8) is 0 Å². The van der Waals surface area contributed by atoms with E-state index in [1.54, 1.807) is 18.2 Å². The third-order valence-electron chi connectivity index (χ3n) is 5.64. The first-order valence-corrected chi connectivity index (χ1v) is 9.45. The van der Waals surface area contributed by atoms with Gasteiger partial charge in [-0.2, -0.15) is 0 Å². The second-order valence-corrected chi connectivity index (χ2v) is 7.79. The van der Waals surface area contributed by atoms with Gasteiger partial charge in [-0.3, -0.25) is 14.6 Å². The third-order valence-corrected chi connectivity index (χ3v) is 5.64. The molecule has 1 saturated carbocycles. The highest BCUT2D eigenvalue weighted by Crippen LogP contribution is 2.51. The standard InChI is InChI=1S/C21H20F3N3O2/c22-14-4-3-5-16(10-14)27-9-7-20(19(27)29)11-15(12-21(23,24)13-20)26-18(28)17-6-1-2-8-25-17/h1-6,8,10,15H,7,9,11-13H2,(H,26,28). The number of halogens is 3. The van der Waals surface area contributed by atoms with Crippen molar-refractivity contribution in [1.29, 1.82) is 0 Å². The topological polar surface area (TPSA) is 62.3 Å². The van der Waals surface area contributed by atoms with E-state index in [0.29, 0.717) is 5.69 Å². The van der Waals surface area contributed by atoms with Crippen LogP contribution < -0.4 is 10.2 Å². The molecule has 2 heterocycles. The van der Waals surface area contributed by atoms with Gasteiger partial charge in [0.25, 0.3) is 11.8 Å². The average molecular weight is 403 g/mol. The molecule has 1 spiro atoms. The molecule has 1 saturated heterocycles. The third kappa shape index (κ3) is 3.83. The fourth-order valence-corrected chi connectivity index (χ4v) is 4.47. The molecule has 152 valence electrons. The second kappa shape index (κ2) is 7.17. The van der Waals surface area contributed by atoms with Crippen molar-refractivity contribution < 1.29 is 22.8 Å². The first-order valence-electron chi connectivity index (χ1n) is 9.45. The summed E-state index contributed by atoms with van der Waals surface area (Å²) in [6, 6.07) is 9.48. The van der Waals surface area contributed by atoms with Gasteiger partial charge in [0.15, 0.2) is 0 Å². The molecular weight excluding hydrogens is 383 g/mol. The number of alkyl halides is 2. The Morgan fingerprint density at radius 3 is 2.72 bits per heavy atom. The minimum Gasteiger partial charge on any atom is -0.348 e. The van der Waals surface area contributed by atoms with Crippen LogP contribution in [0, 0.1) is 11.2 Å². The first kappa shape index (κ1) is 19.4. The summed E-state index contributed by atoms with van der Waals surface area (Å²) in [5, 5.41) is 2.61. The molecule has 1 aromatic heterocycles. The summed E-state index contributed by atoms with van der Waals surface area (Å²) < 4.78 is 42.7. The molecule has 0 radical (unpaired) electrons. The normalized spacial score (nSPS) is 26.0. The Morgan fingerprint density at radius 2 is 2.00 bits per heavy atom. The van der Waals surface area contributed by atoms with Gasteiger partial charge >= 0.3 is 0 Å². The zero-order chi connectivity index (χ0) is 20.6. The Balaban J connectivity index is 1.55. The number of amides is 2. The van der Waals surface area contributed by atoms with E-state index in [9.17, 15) is 22.8 Å². The van der Waals surface area contributed by atoms with Crippen LogP contribution in [0.25, 0.3) is 0 Å². The quantitative estimate of drug-likeness (QED) is 0.853. The van der Waals surface area contributed by atoms with Crippen molar-refractivity contribution in [3.8, 4) is 0 Å². The van der Waals surface area contributed by atoms with Gasteiger partial charge in [0.1, 0.15) is 11.5 Å². The molecule has 2 fully saturated rings. The van der Waals surface area contributed by atoms with Gasteiger partial charge in [0.05, 0.1) is 5.41 Å². The summed E-state index contributed by atoms with van der Waals surface area (Å²) in [6.07, 6.45) is 0.699. The van der Waals surface area contributed by atoms with Gasteiger partial charge in [-0.1, -0.05) is 12.1 Å². The zero-order valence-corrected chi connectivity index (χ0v) is 15.6. The Bertz CT molecular complexity index is 938. The maximum atomic E-state index is 14.6. The number of anilines is 1. The highest BCUT2D eigenvalue weighted by Gasteiger charge is 2.57. The highest BCUT2D eigenvalue weighted by molar-refractivity contribution is 6.00. The van der Waals surface area contributed by atoms with Crippen LogP contribution in [0.15, 0.2) is 48.7 Å². The maximum absolute atomic E-state index is 14.6. The molecule has 2 aromatic rings. The zero-order valence-electron chi connectivity index (χ0n) is 15.6. The SMILES string of the molecule is O=C(NC1CC(F)(F)CC2(CCN(c3cccc(F)c3)C2=O)C1)c1ccccn1. The fourth-order valence-electron chi connectivity index (χ4n) is 4.47. The number of hydrogen-bond donors (Lipinski definition) is 1. The summed E-state index contributed by atoms with van der Waals surface area (Å²) in [5.41, 5.74) is -0.791. The van der Waals surface area contributed by atoms with Crippen LogP contribution in [0.3, 0.4) is 0 Å². The molecule has 29 heavy (non-hydrogen) atoms. The highest BCUT2D eigenvalue weighted by atomic mass is 19.3. The summed E-state index contributed by atoms with van der Waals surface area (Å²) in [7, 11) is 0. The second-order valence-electron chi connectivity index (χ2n) is 7.79. The molecule has 1 N–H and O–H groups in total. The minimum absolute atomic E-state index is 0.117. The summed E-state index contributed by atoms with van der Waals surface area (Å²) in [6.45, 7) is 0.235. The van der Waals surface area contributed by atoms with E-state index < -0.39 is 47.9 Å². The minimum atomic E-state index is -3.09. The number of carbonyl (C=O) groups is 2. The van der Waals surface area contributed by atoms with Crippen LogP contribution in [0.5, 0.6) is 0 Å². The first-order chi connectivity index (χ1) is 13.8. The lowest BCUT2D eigenvalue weighted by Crippen LogP contribution is -2.52. The van der Waals surface area contributed by atoms with Crippen LogP contribution in [-0.4, -0.2) is 35.3 Å². The van der Waals surface area contributed by atoms with Crippen molar-refractivity contribution >= 4 is 17.5 Å². The summed E-state index contributed by atoms with van der Waals surface area (Å²) in [5.74, 6) is -4.57. The molecule has 1 aliphatic heterocycles. The monoisotopic (exact) mass is 403 g/mol. The molecule has 2 atom stereocenters. The molecule has 2 aliphatic rings. The Kier molecular flexibility index (Phi) is 4.80. The molecule has 8 heteroatoms. The van der Waals surface area contributed by atoms with Gasteiger partial charge in [-0.05, 0) is 43.2 Å². The molecule has 1 aromatic carbocycles. The maximum Gasteiger partial charge on any atom is 0.270 e. The Hall–Kier alpha value is -2.90. The molecular formula is C21H20F3N3O2. The lowest BCUT2D eigenvalue weighted by molar-refractivity contribution is -0.140. The number of nitrogens with zero attached hydrogens (tertiary/aromatic N) is 2. The fraction of sp³-hybridized carbons (Fsp3) is 0.381. The van der Waals surface area contributed by atoms with Crippen LogP contribution in [-0.2, 0) is 4.79 Å². The van der Waals surface area contributed by atoms with Crippen LogP contribution in [0.1, 0.15) is 36.2 Å². The number of nitrogens with one attached hydrogen (secondary N) is 1. The Morgan fingerprint density at radius 1 is 1.17 bits per heavy atom. The number of hydrogen-bond acceptors (Lipinski definition) is 3. The summed E-state index contributed by atoms with van der Waals surface area (Å²) >= 11 is 0. The van der Waals surface area contributed by atoms with Crippen LogP contribution in [0.4, 0.5) is 18.9 Å². The number of pyridine rings is 1. The molecule has 1 aliphatic carbocycles. The van der Waals surface area contributed by atoms with Crippen LogP contribution >= 0.6 is 0 Å². The molecule has 2 amide bonds. The van der Waals surface area contributed by atoms with E-state index in [2.05, 4.69) is 10.3 Å². The largest absolute Gasteiger partial charge is 0.348 e. The predicted molar refractivity (Wildman–Crippen MR) is 100 cm³/mol. The van der Waals surface area contributed by atoms with E-state index in [0.717, 1.165) is 0 Å².